The van der Waals surface area contributed by atoms with Crippen molar-refractivity contribution in [3.63, 3.8) is 0 Å². The Morgan fingerprint density at radius 2 is 2.11 bits per heavy atom. The quantitative estimate of drug-likeness (QED) is 0.908. The van der Waals surface area contributed by atoms with Gasteiger partial charge in [-0.3, -0.25) is 4.90 Å². The fourth-order valence-corrected chi connectivity index (χ4v) is 2.81. The van der Waals surface area contributed by atoms with E-state index in [1.165, 1.54) is 0 Å². The molecule has 0 amide bonds. The Balaban J connectivity index is 0.00000133. The number of rotatable bonds is 2. The predicted octanol–water partition coefficient (Wildman–Crippen LogP) is 2.07. The van der Waals surface area contributed by atoms with Crippen LogP contribution in [0.5, 0.6) is 11.5 Å². The smallest absolute Gasteiger partial charge is 0.179 e. The Hall–Kier alpha value is -0.680. The largest absolute Gasteiger partial charge is 0.486 e. The Kier molecular flexibility index (Phi) is 4.79. The van der Waals surface area contributed by atoms with Gasteiger partial charge in [-0.1, -0.05) is 11.6 Å². The summed E-state index contributed by atoms with van der Waals surface area (Å²) in [5.41, 5.74) is 7.06. The molecule has 0 spiro atoms. The lowest BCUT2D eigenvalue weighted by molar-refractivity contribution is 0.171. The van der Waals surface area contributed by atoms with Crippen molar-refractivity contribution >= 4 is 24.0 Å². The monoisotopic (exact) mass is 304 g/mol. The molecule has 19 heavy (non-hydrogen) atoms. The summed E-state index contributed by atoms with van der Waals surface area (Å²) in [7, 11) is 0. The minimum absolute atomic E-state index is 0. The topological polar surface area (TPSA) is 47.7 Å². The van der Waals surface area contributed by atoms with Gasteiger partial charge in [-0.15, -0.1) is 12.4 Å². The second-order valence-electron chi connectivity index (χ2n) is 4.89. The van der Waals surface area contributed by atoms with Gasteiger partial charge in [-0.05, 0) is 24.1 Å². The highest BCUT2D eigenvalue weighted by atomic mass is 35.5. The van der Waals surface area contributed by atoms with Crippen molar-refractivity contribution in [1.82, 2.24) is 4.90 Å². The first-order valence-corrected chi connectivity index (χ1v) is 6.66. The summed E-state index contributed by atoms with van der Waals surface area (Å²) < 4.78 is 11.1. The van der Waals surface area contributed by atoms with E-state index in [-0.39, 0.29) is 12.4 Å². The average Bonchev–Trinajstić information content (AvgIpc) is 2.75. The van der Waals surface area contributed by atoms with Crippen molar-refractivity contribution < 1.29 is 9.47 Å². The molecule has 1 aromatic rings. The van der Waals surface area contributed by atoms with Gasteiger partial charge in [-0.2, -0.15) is 0 Å². The van der Waals surface area contributed by atoms with Gasteiger partial charge in [0.05, 0.1) is 5.02 Å². The van der Waals surface area contributed by atoms with Crippen molar-refractivity contribution in [3.8, 4) is 11.5 Å². The van der Waals surface area contributed by atoms with Crippen LogP contribution in [0.4, 0.5) is 0 Å². The minimum atomic E-state index is 0. The zero-order valence-corrected chi connectivity index (χ0v) is 12.2. The van der Waals surface area contributed by atoms with Gasteiger partial charge >= 0.3 is 0 Å². The number of nitrogens with two attached hydrogens (primary N) is 1. The fraction of sp³-hybridized carbons (Fsp3) is 0.538. The summed E-state index contributed by atoms with van der Waals surface area (Å²) in [6, 6.07) is 4.28. The van der Waals surface area contributed by atoms with E-state index in [0.717, 1.165) is 37.4 Å². The van der Waals surface area contributed by atoms with E-state index in [9.17, 15) is 0 Å². The van der Waals surface area contributed by atoms with Crippen molar-refractivity contribution in [2.75, 3.05) is 26.3 Å². The second-order valence-corrected chi connectivity index (χ2v) is 5.29. The molecule has 4 nitrogen and oxygen atoms in total. The van der Waals surface area contributed by atoms with Gasteiger partial charge in [-0.25, -0.2) is 0 Å². The normalized spacial score (nSPS) is 22.1. The van der Waals surface area contributed by atoms with Gasteiger partial charge in [0.25, 0.3) is 0 Å². The van der Waals surface area contributed by atoms with Crippen molar-refractivity contribution in [3.05, 3.63) is 22.7 Å². The predicted molar refractivity (Wildman–Crippen MR) is 77.6 cm³/mol. The molecule has 106 valence electrons. The molecule has 0 bridgehead atoms. The zero-order chi connectivity index (χ0) is 12.5. The lowest BCUT2D eigenvalue weighted by atomic mass is 10.2. The maximum absolute atomic E-state index is 6.21. The van der Waals surface area contributed by atoms with Crippen LogP contribution in [-0.2, 0) is 6.54 Å². The Labute approximate surface area is 124 Å². The van der Waals surface area contributed by atoms with E-state index in [4.69, 9.17) is 26.8 Å². The average molecular weight is 305 g/mol. The summed E-state index contributed by atoms with van der Waals surface area (Å²) >= 11 is 6.21. The number of hydrogen-bond acceptors (Lipinski definition) is 4. The van der Waals surface area contributed by atoms with E-state index in [2.05, 4.69) is 4.90 Å². The molecular weight excluding hydrogens is 287 g/mol. The molecule has 6 heteroatoms. The molecule has 0 aliphatic carbocycles. The molecule has 0 saturated carbocycles. The van der Waals surface area contributed by atoms with Crippen LogP contribution in [0.15, 0.2) is 12.1 Å². The maximum Gasteiger partial charge on any atom is 0.179 e. The minimum Gasteiger partial charge on any atom is -0.486 e. The number of likely N-dealkylation sites (tertiary alicyclic amines) is 1. The summed E-state index contributed by atoms with van der Waals surface area (Å²) in [6.07, 6.45) is 1.07. The number of ether oxygens (including phenoxy) is 2. The Morgan fingerprint density at radius 3 is 2.84 bits per heavy atom. The lowest BCUT2D eigenvalue weighted by Crippen LogP contribution is -2.26. The van der Waals surface area contributed by atoms with Crippen LogP contribution in [0.2, 0.25) is 5.02 Å². The number of fused-ring (bicyclic) bond motifs is 1. The molecule has 0 aromatic heterocycles. The maximum atomic E-state index is 6.21. The first-order valence-electron chi connectivity index (χ1n) is 6.28. The van der Waals surface area contributed by atoms with Crippen LogP contribution in [0, 0.1) is 0 Å². The summed E-state index contributed by atoms with van der Waals surface area (Å²) in [4.78, 5) is 2.34. The fourth-order valence-electron chi connectivity index (χ4n) is 2.52. The standard InChI is InChI=1S/C13H17ClN2O2.ClH/c14-11-5-9(7-16-2-1-10(15)8-16)6-12-13(11)18-4-3-17-12;/h5-6,10H,1-4,7-8,15H2;1H/t10-;/m0./s1. The molecule has 3 rings (SSSR count). The lowest BCUT2D eigenvalue weighted by Gasteiger charge is -2.22. The number of halogens is 2. The molecule has 2 N–H and O–H groups in total. The van der Waals surface area contributed by atoms with E-state index in [1.807, 2.05) is 12.1 Å². The summed E-state index contributed by atoms with van der Waals surface area (Å²) in [6.45, 7) is 4.01. The van der Waals surface area contributed by atoms with E-state index in [0.29, 0.717) is 30.0 Å². The molecule has 2 aliphatic rings. The molecular formula is C13H18Cl2N2O2. The third kappa shape index (κ3) is 3.26. The number of benzene rings is 1. The van der Waals surface area contributed by atoms with Gasteiger partial charge in [0.2, 0.25) is 0 Å². The van der Waals surface area contributed by atoms with Crippen LogP contribution in [0.1, 0.15) is 12.0 Å². The first kappa shape index (κ1) is 14.7. The molecule has 0 radical (unpaired) electrons. The third-order valence-electron chi connectivity index (χ3n) is 3.37. The van der Waals surface area contributed by atoms with Gasteiger partial charge in [0.1, 0.15) is 13.2 Å². The SMILES string of the molecule is Cl.N[C@H]1CCN(Cc2cc(Cl)c3c(c2)OCCO3)C1. The van der Waals surface area contributed by atoms with Crippen LogP contribution in [-0.4, -0.2) is 37.2 Å². The number of nitrogens with zero attached hydrogens (tertiary/aromatic N) is 1. The third-order valence-corrected chi connectivity index (χ3v) is 3.65. The van der Waals surface area contributed by atoms with Crippen LogP contribution in [0.25, 0.3) is 0 Å². The van der Waals surface area contributed by atoms with Crippen molar-refractivity contribution in [1.29, 1.82) is 0 Å². The van der Waals surface area contributed by atoms with E-state index in [1.54, 1.807) is 0 Å². The van der Waals surface area contributed by atoms with Crippen molar-refractivity contribution in [2.24, 2.45) is 5.73 Å². The summed E-state index contributed by atoms with van der Waals surface area (Å²) in [5, 5.41) is 0.630. The molecule has 1 fully saturated rings. The molecule has 1 atom stereocenters. The van der Waals surface area contributed by atoms with E-state index < -0.39 is 0 Å². The molecule has 0 unspecified atom stereocenters. The van der Waals surface area contributed by atoms with Crippen LogP contribution in [0.3, 0.4) is 0 Å². The second kappa shape index (κ2) is 6.18. The molecule has 1 aromatic carbocycles. The van der Waals surface area contributed by atoms with Gasteiger partial charge in [0, 0.05) is 25.7 Å². The van der Waals surface area contributed by atoms with Gasteiger partial charge < -0.3 is 15.2 Å². The zero-order valence-electron chi connectivity index (χ0n) is 10.6. The van der Waals surface area contributed by atoms with Crippen LogP contribution >= 0.6 is 24.0 Å². The highest BCUT2D eigenvalue weighted by molar-refractivity contribution is 6.32. The van der Waals surface area contributed by atoms with E-state index >= 15 is 0 Å². The first-order chi connectivity index (χ1) is 8.72. The Bertz CT molecular complexity index is 457. The van der Waals surface area contributed by atoms with Crippen LogP contribution < -0.4 is 15.2 Å². The highest BCUT2D eigenvalue weighted by Gasteiger charge is 2.21. The highest BCUT2D eigenvalue weighted by Crippen LogP contribution is 2.38. The summed E-state index contributed by atoms with van der Waals surface area (Å²) in [5.74, 6) is 1.43. The van der Waals surface area contributed by atoms with Crippen molar-refractivity contribution in [2.45, 2.75) is 19.0 Å². The Morgan fingerprint density at radius 1 is 1.32 bits per heavy atom. The number of hydrogen-bond donors (Lipinski definition) is 1. The van der Waals surface area contributed by atoms with Gasteiger partial charge in [0.15, 0.2) is 11.5 Å². The molecule has 1 saturated heterocycles. The molecule has 2 aliphatic heterocycles. The molecule has 2 heterocycles.